The van der Waals surface area contributed by atoms with Crippen LogP contribution in [-0.4, -0.2) is 13.5 Å². The molecular weight excluding hydrogens is 301 g/mol. The van der Waals surface area contributed by atoms with E-state index in [0.29, 0.717) is 0 Å². The number of hydrogen-bond acceptors (Lipinski definition) is 2. The second-order valence-corrected chi connectivity index (χ2v) is 3.69. The summed E-state index contributed by atoms with van der Waals surface area (Å²) in [6.07, 6.45) is 1.81. The van der Waals surface area contributed by atoms with E-state index in [0.717, 1.165) is 17.1 Å². The van der Waals surface area contributed by atoms with E-state index in [1.165, 1.54) is 4.90 Å². The molecule has 0 atom stereocenters. The number of nitrogens with zero attached hydrogens (tertiary/aromatic N) is 1. The number of para-hydroxylation sites is 1. The van der Waals surface area contributed by atoms with Crippen LogP contribution >= 0.6 is 0 Å². The summed E-state index contributed by atoms with van der Waals surface area (Å²) in [5.74, 6) is 0. The molecule has 0 saturated carbocycles. The molecule has 0 heterocycles. The van der Waals surface area contributed by atoms with E-state index in [1.807, 2.05) is 61.0 Å². The van der Waals surface area contributed by atoms with Crippen LogP contribution in [0.25, 0.3) is 0 Å². The number of nitrogens with one attached hydrogen (secondary N) is 1. The number of anilines is 3. The molecule has 0 spiro atoms. The first-order valence-corrected chi connectivity index (χ1v) is 5.33. The molecule has 2 aromatic rings. The largest absolute Gasteiger partial charge is 0.479 e. The molecule has 0 fully saturated rings. The SMILES string of the molecule is CN([C-]=O)c1ccc(Nc2ccccc2)cc1.[Y]. The Balaban J connectivity index is 0.00000162. The summed E-state index contributed by atoms with van der Waals surface area (Å²) in [6, 6.07) is 17.5. The topological polar surface area (TPSA) is 32.3 Å². The van der Waals surface area contributed by atoms with Crippen LogP contribution in [0.15, 0.2) is 54.6 Å². The van der Waals surface area contributed by atoms with Crippen molar-refractivity contribution < 1.29 is 37.5 Å². The van der Waals surface area contributed by atoms with Crippen molar-refractivity contribution in [1.29, 1.82) is 0 Å². The molecule has 1 amide bonds. The van der Waals surface area contributed by atoms with Gasteiger partial charge >= 0.3 is 0 Å². The summed E-state index contributed by atoms with van der Waals surface area (Å²) >= 11 is 0. The molecule has 2 aromatic carbocycles. The average molecular weight is 314 g/mol. The predicted molar refractivity (Wildman–Crippen MR) is 70.3 cm³/mol. The molecule has 89 valence electrons. The molecule has 18 heavy (non-hydrogen) atoms. The zero-order valence-electron chi connectivity index (χ0n) is 10.1. The van der Waals surface area contributed by atoms with E-state index in [1.54, 1.807) is 7.05 Å². The molecule has 4 heteroatoms. The van der Waals surface area contributed by atoms with Crippen molar-refractivity contribution in [3.63, 3.8) is 0 Å². The summed E-state index contributed by atoms with van der Waals surface area (Å²) in [4.78, 5) is 11.9. The number of hydrogen-bond donors (Lipinski definition) is 1. The number of carbonyl (C=O) groups excluding carboxylic acids is 1. The van der Waals surface area contributed by atoms with E-state index in [2.05, 4.69) is 5.32 Å². The van der Waals surface area contributed by atoms with E-state index in [4.69, 9.17) is 0 Å². The van der Waals surface area contributed by atoms with Crippen LogP contribution in [0.3, 0.4) is 0 Å². The zero-order valence-corrected chi connectivity index (χ0v) is 13.0. The summed E-state index contributed by atoms with van der Waals surface area (Å²) in [7, 11) is 1.67. The van der Waals surface area contributed by atoms with Crippen LogP contribution < -0.4 is 10.2 Å². The van der Waals surface area contributed by atoms with Gasteiger partial charge in [0.25, 0.3) is 0 Å². The molecule has 0 aliphatic carbocycles. The molecule has 0 unspecified atom stereocenters. The molecule has 3 nitrogen and oxygen atoms in total. The third-order valence-electron chi connectivity index (χ3n) is 2.45. The maximum absolute atomic E-state index is 10.5. The second kappa shape index (κ2) is 7.29. The Hall–Kier alpha value is -1.19. The Morgan fingerprint density at radius 3 is 2.06 bits per heavy atom. The normalized spacial score (nSPS) is 9.17. The third kappa shape index (κ3) is 3.93. The van der Waals surface area contributed by atoms with E-state index >= 15 is 0 Å². The third-order valence-corrected chi connectivity index (χ3v) is 2.45. The number of rotatable bonds is 4. The fourth-order valence-corrected chi connectivity index (χ4v) is 1.51. The molecule has 0 saturated heterocycles. The van der Waals surface area contributed by atoms with Crippen molar-refractivity contribution in [3.8, 4) is 0 Å². The Labute approximate surface area is 132 Å². The van der Waals surface area contributed by atoms with Crippen molar-refractivity contribution in [3.05, 3.63) is 54.6 Å². The first kappa shape index (κ1) is 14.9. The van der Waals surface area contributed by atoms with E-state index in [-0.39, 0.29) is 32.7 Å². The van der Waals surface area contributed by atoms with Crippen LogP contribution in [0.1, 0.15) is 0 Å². The van der Waals surface area contributed by atoms with Gasteiger partial charge in [-0.3, -0.25) is 0 Å². The van der Waals surface area contributed by atoms with Gasteiger partial charge in [-0.15, -0.1) is 17.8 Å². The Morgan fingerprint density at radius 1 is 0.944 bits per heavy atom. The van der Waals surface area contributed by atoms with Crippen molar-refractivity contribution in [2.75, 3.05) is 17.3 Å². The van der Waals surface area contributed by atoms with E-state index < -0.39 is 0 Å². The molecule has 0 aliphatic rings. The summed E-state index contributed by atoms with van der Waals surface area (Å²) < 4.78 is 0. The van der Waals surface area contributed by atoms with Crippen molar-refractivity contribution >= 4 is 23.5 Å². The minimum absolute atomic E-state index is 0. The first-order chi connectivity index (χ1) is 8.29. The van der Waals surface area contributed by atoms with Gasteiger partial charge < -0.3 is 15.0 Å². The van der Waals surface area contributed by atoms with Gasteiger partial charge in [0.2, 0.25) is 0 Å². The number of benzene rings is 2. The van der Waals surface area contributed by atoms with Gasteiger partial charge in [-0.25, -0.2) is 0 Å². The molecular formula is C14H13N2OY-. The molecule has 1 radical (unpaired) electrons. The monoisotopic (exact) mass is 314 g/mol. The van der Waals surface area contributed by atoms with Gasteiger partial charge in [-0.2, -0.15) is 0 Å². The van der Waals surface area contributed by atoms with Crippen molar-refractivity contribution in [2.45, 2.75) is 0 Å². The fraction of sp³-hybridized carbons (Fsp3) is 0.0714. The second-order valence-electron chi connectivity index (χ2n) is 3.69. The van der Waals surface area contributed by atoms with Gasteiger partial charge in [0, 0.05) is 44.1 Å². The molecule has 0 aromatic heterocycles. The fourth-order valence-electron chi connectivity index (χ4n) is 1.51. The predicted octanol–water partition coefficient (Wildman–Crippen LogP) is 2.93. The van der Waals surface area contributed by atoms with Gasteiger partial charge in [0.1, 0.15) is 0 Å². The van der Waals surface area contributed by atoms with Gasteiger partial charge in [0.05, 0.1) is 6.41 Å². The standard InChI is InChI=1S/C14H13N2O.Y/c1-16(11-17)14-9-7-13(8-10-14)15-12-5-3-2-4-6-12;/h2-10,15H,1H3;/q-1;. The van der Waals surface area contributed by atoms with Gasteiger partial charge in [-0.1, -0.05) is 30.3 Å². The summed E-state index contributed by atoms with van der Waals surface area (Å²) in [6.45, 7) is 0. The van der Waals surface area contributed by atoms with Crippen LogP contribution in [-0.2, 0) is 37.5 Å². The minimum Gasteiger partial charge on any atom is -0.479 e. The van der Waals surface area contributed by atoms with Crippen LogP contribution in [0.5, 0.6) is 0 Å². The maximum atomic E-state index is 10.5. The van der Waals surface area contributed by atoms with Crippen LogP contribution in [0.4, 0.5) is 17.1 Å². The molecule has 0 aliphatic heterocycles. The van der Waals surface area contributed by atoms with Gasteiger partial charge in [0.15, 0.2) is 0 Å². The Bertz CT molecular complexity index is 485. The Morgan fingerprint density at radius 2 is 1.50 bits per heavy atom. The maximum Gasteiger partial charge on any atom is 0.0717 e. The summed E-state index contributed by atoms with van der Waals surface area (Å²) in [5.41, 5.74) is 2.84. The van der Waals surface area contributed by atoms with Crippen molar-refractivity contribution in [2.24, 2.45) is 0 Å². The summed E-state index contributed by atoms with van der Waals surface area (Å²) in [5, 5.41) is 3.27. The average Bonchev–Trinajstić information content (AvgIpc) is 2.40. The smallest absolute Gasteiger partial charge is 0.0717 e. The molecule has 1 N–H and O–H groups in total. The van der Waals surface area contributed by atoms with Crippen LogP contribution in [0, 0.1) is 0 Å². The minimum atomic E-state index is 0. The van der Waals surface area contributed by atoms with Crippen LogP contribution in [0.2, 0.25) is 0 Å². The zero-order chi connectivity index (χ0) is 12.1. The van der Waals surface area contributed by atoms with Gasteiger partial charge in [-0.05, 0) is 19.2 Å². The molecule has 0 bridgehead atoms. The molecule has 2 rings (SSSR count). The Kier molecular flexibility index (Phi) is 6.03. The quantitative estimate of drug-likeness (QED) is 0.695. The number of amides is 1. The van der Waals surface area contributed by atoms with Crippen molar-refractivity contribution in [1.82, 2.24) is 0 Å². The van der Waals surface area contributed by atoms with E-state index in [9.17, 15) is 4.79 Å². The first-order valence-electron chi connectivity index (χ1n) is 5.33.